The molecule has 24 heavy (non-hydrogen) atoms. The lowest BCUT2D eigenvalue weighted by atomic mass is 9.75. The van der Waals surface area contributed by atoms with Gasteiger partial charge in [-0.05, 0) is 30.7 Å². The summed E-state index contributed by atoms with van der Waals surface area (Å²) in [6, 6.07) is 13.2. The van der Waals surface area contributed by atoms with Gasteiger partial charge in [-0.15, -0.1) is 0 Å². The van der Waals surface area contributed by atoms with Crippen molar-refractivity contribution in [2.45, 2.75) is 19.3 Å². The summed E-state index contributed by atoms with van der Waals surface area (Å²) >= 11 is 0. The molecule has 2 amide bonds. The molecule has 0 radical (unpaired) electrons. The maximum atomic E-state index is 12.9. The third-order valence-corrected chi connectivity index (χ3v) is 5.28. The first kappa shape index (κ1) is 14.9. The summed E-state index contributed by atoms with van der Waals surface area (Å²) in [6.45, 7) is 0. The SMILES string of the molecule is O=C(O)C1CCC2C(=O)N(c3cccc4ccccc34)C(=O)C2C1. The maximum Gasteiger partial charge on any atom is 0.306 e. The van der Waals surface area contributed by atoms with Gasteiger partial charge < -0.3 is 5.11 Å². The molecule has 4 rings (SSSR count). The van der Waals surface area contributed by atoms with Crippen LogP contribution in [0.2, 0.25) is 0 Å². The molecule has 2 aliphatic rings. The maximum absolute atomic E-state index is 12.9. The molecule has 1 saturated heterocycles. The molecule has 1 aliphatic heterocycles. The number of fused-ring (bicyclic) bond motifs is 2. The molecular weight excluding hydrogens is 306 g/mol. The molecule has 0 bridgehead atoms. The predicted molar refractivity (Wildman–Crippen MR) is 88.4 cm³/mol. The zero-order valence-electron chi connectivity index (χ0n) is 13.0. The van der Waals surface area contributed by atoms with E-state index in [1.807, 2.05) is 36.4 Å². The van der Waals surface area contributed by atoms with Gasteiger partial charge in [-0.1, -0.05) is 36.4 Å². The molecule has 3 atom stereocenters. The number of imide groups is 1. The highest BCUT2D eigenvalue weighted by molar-refractivity contribution is 6.25. The van der Waals surface area contributed by atoms with Crippen molar-refractivity contribution in [1.29, 1.82) is 0 Å². The number of amides is 2. The van der Waals surface area contributed by atoms with Crippen LogP contribution in [0, 0.1) is 17.8 Å². The van der Waals surface area contributed by atoms with Gasteiger partial charge in [0.2, 0.25) is 11.8 Å². The van der Waals surface area contributed by atoms with E-state index in [1.54, 1.807) is 6.07 Å². The summed E-state index contributed by atoms with van der Waals surface area (Å²) in [4.78, 5) is 38.2. The van der Waals surface area contributed by atoms with Crippen molar-refractivity contribution in [1.82, 2.24) is 0 Å². The van der Waals surface area contributed by atoms with Crippen LogP contribution in [0.1, 0.15) is 19.3 Å². The van der Waals surface area contributed by atoms with Crippen LogP contribution in [-0.2, 0) is 14.4 Å². The van der Waals surface area contributed by atoms with Crippen molar-refractivity contribution in [3.8, 4) is 0 Å². The fourth-order valence-electron chi connectivity index (χ4n) is 4.04. The Morgan fingerprint density at radius 2 is 1.67 bits per heavy atom. The van der Waals surface area contributed by atoms with Gasteiger partial charge in [-0.25, -0.2) is 4.90 Å². The Labute approximate surface area is 138 Å². The van der Waals surface area contributed by atoms with Crippen LogP contribution in [0.25, 0.3) is 10.8 Å². The molecule has 1 N–H and O–H groups in total. The summed E-state index contributed by atoms with van der Waals surface area (Å²) in [7, 11) is 0. The molecule has 0 spiro atoms. The molecule has 1 aliphatic carbocycles. The number of hydrogen-bond acceptors (Lipinski definition) is 3. The van der Waals surface area contributed by atoms with Gasteiger partial charge in [0.1, 0.15) is 0 Å². The van der Waals surface area contributed by atoms with Gasteiger partial charge >= 0.3 is 5.97 Å². The summed E-state index contributed by atoms with van der Waals surface area (Å²) in [5.74, 6) is -2.75. The third kappa shape index (κ3) is 2.12. The number of rotatable bonds is 2. The fraction of sp³-hybridized carbons (Fsp3) is 0.316. The average molecular weight is 323 g/mol. The van der Waals surface area contributed by atoms with Gasteiger partial charge in [0.15, 0.2) is 0 Å². The quantitative estimate of drug-likeness (QED) is 0.862. The number of carbonyl (C=O) groups is 3. The number of nitrogens with zero attached hydrogens (tertiary/aromatic N) is 1. The normalized spacial score (nSPS) is 26.7. The number of aliphatic carboxylic acids is 1. The van der Waals surface area contributed by atoms with E-state index in [1.165, 1.54) is 4.90 Å². The van der Waals surface area contributed by atoms with Crippen molar-refractivity contribution in [2.24, 2.45) is 17.8 Å². The molecule has 5 nitrogen and oxygen atoms in total. The minimum Gasteiger partial charge on any atom is -0.481 e. The van der Waals surface area contributed by atoms with Crippen LogP contribution in [0.5, 0.6) is 0 Å². The van der Waals surface area contributed by atoms with E-state index in [2.05, 4.69) is 0 Å². The molecule has 122 valence electrons. The second-order valence-electron chi connectivity index (χ2n) is 6.57. The monoisotopic (exact) mass is 323 g/mol. The molecule has 3 unspecified atom stereocenters. The number of hydrogen-bond donors (Lipinski definition) is 1. The Balaban J connectivity index is 1.75. The Kier molecular flexibility index (Phi) is 3.37. The van der Waals surface area contributed by atoms with Crippen LogP contribution < -0.4 is 4.90 Å². The van der Waals surface area contributed by atoms with Crippen molar-refractivity contribution < 1.29 is 19.5 Å². The topological polar surface area (TPSA) is 74.7 Å². The number of anilines is 1. The second-order valence-corrected chi connectivity index (χ2v) is 6.57. The Morgan fingerprint density at radius 1 is 0.958 bits per heavy atom. The minimum absolute atomic E-state index is 0.190. The first-order valence-electron chi connectivity index (χ1n) is 8.16. The summed E-state index contributed by atoms with van der Waals surface area (Å²) < 4.78 is 0. The lowest BCUT2D eigenvalue weighted by molar-refractivity contribution is -0.144. The summed E-state index contributed by atoms with van der Waals surface area (Å²) in [6.07, 6.45) is 1.18. The van der Waals surface area contributed by atoms with Gasteiger partial charge in [-0.3, -0.25) is 14.4 Å². The van der Waals surface area contributed by atoms with E-state index in [4.69, 9.17) is 0 Å². The minimum atomic E-state index is -0.877. The van der Waals surface area contributed by atoms with Gasteiger partial charge in [0.05, 0.1) is 23.4 Å². The van der Waals surface area contributed by atoms with Gasteiger partial charge in [0, 0.05) is 5.39 Å². The van der Waals surface area contributed by atoms with Crippen molar-refractivity contribution in [3.05, 3.63) is 42.5 Å². The zero-order chi connectivity index (χ0) is 16.8. The van der Waals surface area contributed by atoms with E-state index < -0.39 is 17.8 Å². The molecular formula is C19H17NO4. The van der Waals surface area contributed by atoms with Crippen molar-refractivity contribution >= 4 is 34.2 Å². The van der Waals surface area contributed by atoms with E-state index >= 15 is 0 Å². The van der Waals surface area contributed by atoms with Gasteiger partial charge in [-0.2, -0.15) is 0 Å². The first-order valence-corrected chi connectivity index (χ1v) is 8.16. The van der Waals surface area contributed by atoms with Crippen molar-refractivity contribution in [2.75, 3.05) is 4.90 Å². The van der Waals surface area contributed by atoms with E-state index in [9.17, 15) is 19.5 Å². The van der Waals surface area contributed by atoms with Crippen LogP contribution in [0.4, 0.5) is 5.69 Å². The Hall–Kier alpha value is -2.69. The summed E-state index contributed by atoms with van der Waals surface area (Å²) in [5.41, 5.74) is 0.601. The third-order valence-electron chi connectivity index (χ3n) is 5.28. The largest absolute Gasteiger partial charge is 0.481 e. The lowest BCUT2D eigenvalue weighted by Crippen LogP contribution is -2.31. The fourth-order valence-corrected chi connectivity index (χ4v) is 4.04. The molecule has 1 heterocycles. The smallest absolute Gasteiger partial charge is 0.306 e. The molecule has 0 aromatic heterocycles. The van der Waals surface area contributed by atoms with E-state index in [0.717, 1.165) is 10.8 Å². The number of carboxylic acid groups (broad SMARTS) is 1. The average Bonchev–Trinajstić information content (AvgIpc) is 2.85. The predicted octanol–water partition coefficient (Wildman–Crippen LogP) is 2.83. The van der Waals surface area contributed by atoms with Crippen LogP contribution in [0.15, 0.2) is 42.5 Å². The zero-order valence-corrected chi connectivity index (χ0v) is 13.0. The highest BCUT2D eigenvalue weighted by atomic mass is 16.4. The summed E-state index contributed by atoms with van der Waals surface area (Å²) in [5, 5.41) is 11.0. The van der Waals surface area contributed by atoms with Crippen LogP contribution in [-0.4, -0.2) is 22.9 Å². The second kappa shape index (κ2) is 5.44. The van der Waals surface area contributed by atoms with E-state index in [-0.39, 0.29) is 24.2 Å². The Morgan fingerprint density at radius 3 is 2.46 bits per heavy atom. The molecule has 2 fully saturated rings. The number of benzene rings is 2. The molecule has 1 saturated carbocycles. The number of carboxylic acids is 1. The number of carbonyl (C=O) groups excluding carboxylic acids is 2. The molecule has 2 aromatic carbocycles. The van der Waals surface area contributed by atoms with E-state index in [0.29, 0.717) is 18.5 Å². The Bertz CT molecular complexity index is 854. The first-order chi connectivity index (χ1) is 11.6. The molecule has 5 heteroatoms. The molecule has 2 aromatic rings. The highest BCUT2D eigenvalue weighted by Crippen LogP contribution is 2.43. The van der Waals surface area contributed by atoms with Crippen molar-refractivity contribution in [3.63, 3.8) is 0 Å². The van der Waals surface area contributed by atoms with Crippen LogP contribution >= 0.6 is 0 Å². The highest BCUT2D eigenvalue weighted by Gasteiger charge is 2.51. The van der Waals surface area contributed by atoms with Crippen LogP contribution in [0.3, 0.4) is 0 Å². The standard InChI is InChI=1S/C19H17NO4/c21-17-14-9-8-12(19(23)24)10-15(14)18(22)20(17)16-7-3-5-11-4-1-2-6-13(11)16/h1-7,12,14-15H,8-10H2,(H,23,24). The lowest BCUT2D eigenvalue weighted by Gasteiger charge is -2.25. The van der Waals surface area contributed by atoms with Gasteiger partial charge in [0.25, 0.3) is 0 Å².